The van der Waals surface area contributed by atoms with Gasteiger partial charge in [-0.1, -0.05) is 13.2 Å². The van der Waals surface area contributed by atoms with E-state index in [4.69, 9.17) is 18.9 Å². The predicted molar refractivity (Wildman–Crippen MR) is 137 cm³/mol. The Morgan fingerprint density at radius 3 is 1.80 bits per heavy atom. The highest BCUT2D eigenvalue weighted by Crippen LogP contribution is 2.16. The van der Waals surface area contributed by atoms with Gasteiger partial charge in [0.1, 0.15) is 12.7 Å². The summed E-state index contributed by atoms with van der Waals surface area (Å²) >= 11 is 0. The molecule has 0 saturated carbocycles. The largest absolute Gasteiger partial charge is 0.462 e. The van der Waals surface area contributed by atoms with Crippen molar-refractivity contribution in [2.45, 2.75) is 78.1 Å². The molecule has 0 heterocycles. The van der Waals surface area contributed by atoms with Crippen LogP contribution >= 0.6 is 0 Å². The Morgan fingerprint density at radius 2 is 1.29 bits per heavy atom. The van der Waals surface area contributed by atoms with Crippen LogP contribution in [0.15, 0.2) is 24.3 Å². The molecule has 0 amide bonds. The third kappa shape index (κ3) is 19.1. The van der Waals surface area contributed by atoms with Crippen molar-refractivity contribution in [2.24, 2.45) is 0 Å². The third-order valence-corrected chi connectivity index (χ3v) is 5.09. The summed E-state index contributed by atoms with van der Waals surface area (Å²) in [5, 5.41) is 16.4. The molecule has 0 aromatic rings. The number of nitrogens with one attached hydrogen (secondary N) is 2. The van der Waals surface area contributed by atoms with Gasteiger partial charge in [-0.2, -0.15) is 0 Å². The lowest BCUT2D eigenvalue weighted by Gasteiger charge is -2.29. The van der Waals surface area contributed by atoms with Crippen LogP contribution in [0.1, 0.15) is 60.8 Å². The van der Waals surface area contributed by atoms with Gasteiger partial charge in [-0.3, -0.25) is 0 Å². The van der Waals surface area contributed by atoms with Crippen LogP contribution < -0.4 is 10.6 Å². The molecular formula is C26H48N2O7. The minimum atomic E-state index is -0.772. The standard InChI is InChI=1S/C26H48N2O7/c1-20(2)23(30)32-15-9-12-27-13-10-25(5,6)34-16-17-35-26(7,8)11-14-28-18-22(29)19-33-24(31)21(3)4/h22,27-29H,1,3,9-19H2,2,4-8H3. The van der Waals surface area contributed by atoms with Crippen LogP contribution in [-0.2, 0) is 28.5 Å². The first-order valence-electron chi connectivity index (χ1n) is 12.3. The number of aliphatic hydroxyl groups is 1. The fourth-order valence-corrected chi connectivity index (χ4v) is 2.79. The number of hydrogen-bond donors (Lipinski definition) is 3. The van der Waals surface area contributed by atoms with E-state index in [1.165, 1.54) is 0 Å². The Hall–Kier alpha value is -1.78. The molecule has 0 aromatic carbocycles. The van der Waals surface area contributed by atoms with Gasteiger partial charge in [0.15, 0.2) is 0 Å². The molecule has 204 valence electrons. The van der Waals surface area contributed by atoms with Crippen molar-refractivity contribution in [3.05, 3.63) is 24.3 Å². The minimum absolute atomic E-state index is 0.0634. The molecule has 0 spiro atoms. The number of carbonyl (C=O) groups excluding carboxylic acids is 2. The van der Waals surface area contributed by atoms with Gasteiger partial charge in [0.05, 0.1) is 31.0 Å². The molecule has 0 radical (unpaired) electrons. The molecule has 0 saturated heterocycles. The maximum Gasteiger partial charge on any atom is 0.333 e. The molecule has 0 fully saturated rings. The molecule has 0 aliphatic heterocycles. The van der Waals surface area contributed by atoms with Gasteiger partial charge in [0.2, 0.25) is 0 Å². The van der Waals surface area contributed by atoms with Crippen molar-refractivity contribution in [1.29, 1.82) is 0 Å². The van der Waals surface area contributed by atoms with Crippen molar-refractivity contribution in [2.75, 3.05) is 52.6 Å². The SMILES string of the molecule is C=C(C)C(=O)OCCCNCCC(C)(C)OCCOC(C)(C)CCNCC(O)COC(=O)C(=C)C. The molecule has 35 heavy (non-hydrogen) atoms. The Bertz CT molecular complexity index is 662. The summed E-state index contributed by atoms with van der Waals surface area (Å²) in [5.41, 5.74) is 0.103. The topological polar surface area (TPSA) is 115 Å². The monoisotopic (exact) mass is 500 g/mol. The Labute approximate surface area is 211 Å². The van der Waals surface area contributed by atoms with Crippen LogP contribution in [0.5, 0.6) is 0 Å². The predicted octanol–water partition coefficient (Wildman–Crippen LogP) is 2.53. The maximum absolute atomic E-state index is 11.3. The Kier molecular flexibility index (Phi) is 16.7. The maximum atomic E-state index is 11.3. The molecule has 3 N–H and O–H groups in total. The first-order valence-corrected chi connectivity index (χ1v) is 12.3. The molecule has 1 atom stereocenters. The van der Waals surface area contributed by atoms with Crippen LogP contribution in [0.25, 0.3) is 0 Å². The van der Waals surface area contributed by atoms with E-state index in [1.54, 1.807) is 13.8 Å². The van der Waals surface area contributed by atoms with Gasteiger partial charge in [-0.05, 0) is 80.4 Å². The Morgan fingerprint density at radius 1 is 0.800 bits per heavy atom. The second-order valence-corrected chi connectivity index (χ2v) is 9.97. The summed E-state index contributed by atoms with van der Waals surface area (Å²) in [7, 11) is 0. The second kappa shape index (κ2) is 17.6. The fraction of sp³-hybridized carbons (Fsp3) is 0.769. The molecule has 1 unspecified atom stereocenters. The molecule has 0 rings (SSSR count). The lowest BCUT2D eigenvalue weighted by molar-refractivity contribution is -0.142. The van der Waals surface area contributed by atoms with E-state index in [9.17, 15) is 14.7 Å². The average Bonchev–Trinajstić information content (AvgIpc) is 2.77. The van der Waals surface area contributed by atoms with Gasteiger partial charge in [-0.15, -0.1) is 0 Å². The van der Waals surface area contributed by atoms with Crippen molar-refractivity contribution in [3.63, 3.8) is 0 Å². The fourth-order valence-electron chi connectivity index (χ4n) is 2.79. The van der Waals surface area contributed by atoms with E-state index in [0.717, 1.165) is 32.4 Å². The van der Waals surface area contributed by atoms with E-state index in [0.29, 0.717) is 44.1 Å². The zero-order valence-electron chi connectivity index (χ0n) is 22.7. The summed E-state index contributed by atoms with van der Waals surface area (Å²) < 4.78 is 21.9. The third-order valence-electron chi connectivity index (χ3n) is 5.09. The number of rotatable bonds is 21. The summed E-state index contributed by atoms with van der Waals surface area (Å²) in [6.07, 6.45) is 1.57. The minimum Gasteiger partial charge on any atom is -0.462 e. The summed E-state index contributed by atoms with van der Waals surface area (Å²) in [5.74, 6) is -0.849. The molecule has 0 bridgehead atoms. The number of aliphatic hydroxyl groups excluding tert-OH is 1. The highest BCUT2D eigenvalue weighted by molar-refractivity contribution is 5.87. The molecule has 9 nitrogen and oxygen atoms in total. The van der Waals surface area contributed by atoms with Crippen molar-refractivity contribution < 1.29 is 33.6 Å². The Balaban J connectivity index is 3.84. The van der Waals surface area contributed by atoms with E-state index in [2.05, 4.69) is 37.6 Å². The summed E-state index contributed by atoms with van der Waals surface area (Å²) in [4.78, 5) is 22.6. The summed E-state index contributed by atoms with van der Waals surface area (Å²) in [6, 6.07) is 0. The lowest BCUT2D eigenvalue weighted by atomic mass is 10.0. The lowest BCUT2D eigenvalue weighted by Crippen LogP contribution is -2.36. The first-order chi connectivity index (χ1) is 16.3. The molecular weight excluding hydrogens is 452 g/mol. The van der Waals surface area contributed by atoms with Gasteiger partial charge in [0, 0.05) is 17.7 Å². The van der Waals surface area contributed by atoms with Crippen LogP contribution in [0.3, 0.4) is 0 Å². The van der Waals surface area contributed by atoms with Crippen LogP contribution in [0, 0.1) is 0 Å². The van der Waals surface area contributed by atoms with Crippen molar-refractivity contribution in [1.82, 2.24) is 10.6 Å². The van der Waals surface area contributed by atoms with E-state index >= 15 is 0 Å². The second-order valence-electron chi connectivity index (χ2n) is 9.97. The highest BCUT2D eigenvalue weighted by Gasteiger charge is 2.21. The normalized spacial score (nSPS) is 12.8. The number of ether oxygens (including phenoxy) is 4. The average molecular weight is 501 g/mol. The van der Waals surface area contributed by atoms with Gasteiger partial charge in [0.25, 0.3) is 0 Å². The smallest absolute Gasteiger partial charge is 0.333 e. The zero-order chi connectivity index (χ0) is 26.9. The zero-order valence-corrected chi connectivity index (χ0v) is 22.7. The van der Waals surface area contributed by atoms with E-state index in [1.807, 2.05) is 13.8 Å². The van der Waals surface area contributed by atoms with Gasteiger partial charge in [-0.25, -0.2) is 9.59 Å². The number of esters is 2. The molecule has 0 aliphatic rings. The first kappa shape index (κ1) is 33.2. The highest BCUT2D eigenvalue weighted by atomic mass is 16.5. The molecule has 0 aliphatic carbocycles. The number of hydrogen-bond acceptors (Lipinski definition) is 9. The van der Waals surface area contributed by atoms with Crippen LogP contribution in [-0.4, -0.2) is 87.0 Å². The van der Waals surface area contributed by atoms with Crippen LogP contribution in [0.4, 0.5) is 0 Å². The van der Waals surface area contributed by atoms with Crippen molar-refractivity contribution >= 4 is 11.9 Å². The molecule has 0 aromatic heterocycles. The van der Waals surface area contributed by atoms with Gasteiger partial charge < -0.3 is 34.7 Å². The van der Waals surface area contributed by atoms with E-state index < -0.39 is 12.1 Å². The van der Waals surface area contributed by atoms with E-state index in [-0.39, 0.29) is 23.8 Å². The van der Waals surface area contributed by atoms with Crippen LogP contribution in [0.2, 0.25) is 0 Å². The van der Waals surface area contributed by atoms with Crippen molar-refractivity contribution in [3.8, 4) is 0 Å². The quantitative estimate of drug-likeness (QED) is 0.124. The summed E-state index contributed by atoms with van der Waals surface area (Å²) in [6.45, 7) is 22.2. The number of carbonyl (C=O) groups is 2. The van der Waals surface area contributed by atoms with Gasteiger partial charge >= 0.3 is 11.9 Å². The molecule has 9 heteroatoms.